The van der Waals surface area contributed by atoms with Crippen molar-refractivity contribution in [2.75, 3.05) is 0 Å². The minimum Gasteiger partial charge on any atom is -0.508 e. The van der Waals surface area contributed by atoms with Crippen molar-refractivity contribution in [3.05, 3.63) is 65.2 Å². The molecular formula is C17H16O4. The second kappa shape index (κ2) is 6.13. The van der Waals surface area contributed by atoms with Gasteiger partial charge in [0.15, 0.2) is 0 Å². The number of phenolic OH excluding ortho intramolecular Hbond substituents is 2. The van der Waals surface area contributed by atoms with Gasteiger partial charge < -0.3 is 14.9 Å². The second-order valence-electron chi connectivity index (χ2n) is 4.58. The van der Waals surface area contributed by atoms with E-state index in [0.29, 0.717) is 0 Å². The summed E-state index contributed by atoms with van der Waals surface area (Å²) in [7, 11) is 0. The number of hydrogen-bond acceptors (Lipinski definition) is 4. The molecule has 2 aromatic rings. The summed E-state index contributed by atoms with van der Waals surface area (Å²) in [6.07, 6.45) is 1.69. The summed E-state index contributed by atoms with van der Waals surface area (Å²) in [5.41, 5.74) is 1.99. The van der Waals surface area contributed by atoms with Gasteiger partial charge in [-0.1, -0.05) is 36.9 Å². The highest BCUT2D eigenvalue weighted by Crippen LogP contribution is 2.30. The van der Waals surface area contributed by atoms with Gasteiger partial charge in [0.05, 0.1) is 0 Å². The summed E-state index contributed by atoms with van der Waals surface area (Å²) in [6, 6.07) is 10.1. The molecule has 2 rings (SSSR count). The van der Waals surface area contributed by atoms with E-state index in [1.807, 2.05) is 24.3 Å². The summed E-state index contributed by atoms with van der Waals surface area (Å²) < 4.78 is 5.20. The molecule has 0 saturated carbocycles. The maximum absolute atomic E-state index is 12.0. The number of carbonyl (C=O) groups excluding carboxylic acids is 1. The van der Waals surface area contributed by atoms with Gasteiger partial charge >= 0.3 is 5.97 Å². The molecule has 0 unspecified atom stereocenters. The van der Waals surface area contributed by atoms with Gasteiger partial charge in [-0.25, -0.2) is 4.79 Å². The summed E-state index contributed by atoms with van der Waals surface area (Å²) >= 11 is 0. The van der Waals surface area contributed by atoms with Gasteiger partial charge in [-0.3, -0.25) is 0 Å². The number of phenols is 2. The van der Waals surface area contributed by atoms with E-state index >= 15 is 0 Å². The molecule has 0 heterocycles. The van der Waals surface area contributed by atoms with Crippen LogP contribution in [0, 0.1) is 6.92 Å². The molecule has 108 valence electrons. The van der Waals surface area contributed by atoms with Crippen LogP contribution < -0.4 is 0 Å². The van der Waals surface area contributed by atoms with Crippen LogP contribution in [0.4, 0.5) is 0 Å². The number of benzene rings is 2. The van der Waals surface area contributed by atoms with E-state index in [4.69, 9.17) is 4.74 Å². The number of hydrogen-bond donors (Lipinski definition) is 2. The molecule has 0 aliphatic rings. The van der Waals surface area contributed by atoms with Crippen LogP contribution in [0.2, 0.25) is 0 Å². The minimum atomic E-state index is -0.644. The number of aromatic hydroxyl groups is 2. The van der Waals surface area contributed by atoms with E-state index in [1.54, 1.807) is 6.08 Å². The third kappa shape index (κ3) is 3.05. The van der Waals surface area contributed by atoms with E-state index in [0.717, 1.165) is 11.1 Å². The van der Waals surface area contributed by atoms with Gasteiger partial charge in [0.1, 0.15) is 23.7 Å². The Morgan fingerprint density at radius 1 is 1.24 bits per heavy atom. The second-order valence-corrected chi connectivity index (χ2v) is 4.58. The van der Waals surface area contributed by atoms with E-state index in [-0.39, 0.29) is 29.2 Å². The molecule has 0 fully saturated rings. The van der Waals surface area contributed by atoms with E-state index in [2.05, 4.69) is 6.58 Å². The van der Waals surface area contributed by atoms with E-state index in [1.165, 1.54) is 19.1 Å². The summed E-state index contributed by atoms with van der Waals surface area (Å²) in [6.45, 7) is 5.31. The smallest absolute Gasteiger partial charge is 0.342 e. The summed E-state index contributed by atoms with van der Waals surface area (Å²) in [5, 5.41) is 19.3. The molecule has 0 saturated heterocycles. The average Bonchev–Trinajstić information content (AvgIpc) is 2.50. The lowest BCUT2D eigenvalue weighted by Crippen LogP contribution is -2.06. The van der Waals surface area contributed by atoms with Crippen LogP contribution >= 0.6 is 0 Å². The fraction of sp³-hybridized carbons (Fsp3) is 0.118. The zero-order chi connectivity index (χ0) is 15.4. The fourth-order valence-electron chi connectivity index (χ4n) is 1.94. The number of esters is 1. The van der Waals surface area contributed by atoms with Crippen LogP contribution in [0.25, 0.3) is 6.08 Å². The Morgan fingerprint density at radius 2 is 1.95 bits per heavy atom. The van der Waals surface area contributed by atoms with Gasteiger partial charge in [0, 0.05) is 5.56 Å². The normalized spacial score (nSPS) is 10.1. The van der Waals surface area contributed by atoms with Crippen molar-refractivity contribution in [3.63, 3.8) is 0 Å². The van der Waals surface area contributed by atoms with Gasteiger partial charge in [0.2, 0.25) is 0 Å². The van der Waals surface area contributed by atoms with Crippen LogP contribution in [0.15, 0.2) is 43.0 Å². The highest BCUT2D eigenvalue weighted by molar-refractivity contribution is 5.93. The lowest BCUT2D eigenvalue weighted by molar-refractivity contribution is 0.0469. The predicted octanol–water partition coefficient (Wildman–Crippen LogP) is 3.41. The van der Waals surface area contributed by atoms with Crippen molar-refractivity contribution in [2.24, 2.45) is 0 Å². The monoisotopic (exact) mass is 284 g/mol. The molecule has 0 amide bonds. The topological polar surface area (TPSA) is 66.8 Å². The maximum atomic E-state index is 12.0. The van der Waals surface area contributed by atoms with Crippen LogP contribution in [0.1, 0.15) is 27.0 Å². The Morgan fingerprint density at radius 3 is 2.67 bits per heavy atom. The molecule has 0 aliphatic heterocycles. The van der Waals surface area contributed by atoms with E-state index in [9.17, 15) is 15.0 Å². The fourth-order valence-corrected chi connectivity index (χ4v) is 1.94. The first-order chi connectivity index (χ1) is 10.0. The summed E-state index contributed by atoms with van der Waals surface area (Å²) in [4.78, 5) is 12.0. The molecule has 2 aromatic carbocycles. The van der Waals surface area contributed by atoms with Gasteiger partial charge in [-0.05, 0) is 30.2 Å². The van der Waals surface area contributed by atoms with Gasteiger partial charge in [-0.15, -0.1) is 0 Å². The van der Waals surface area contributed by atoms with Gasteiger partial charge in [0.25, 0.3) is 0 Å². The molecule has 21 heavy (non-hydrogen) atoms. The van der Waals surface area contributed by atoms with Gasteiger partial charge in [-0.2, -0.15) is 0 Å². The van der Waals surface area contributed by atoms with Crippen molar-refractivity contribution in [1.82, 2.24) is 0 Å². The van der Waals surface area contributed by atoms with Crippen molar-refractivity contribution in [2.45, 2.75) is 13.5 Å². The lowest BCUT2D eigenvalue weighted by atomic mass is 10.1. The van der Waals surface area contributed by atoms with Crippen molar-refractivity contribution in [1.29, 1.82) is 0 Å². The SMILES string of the molecule is C=Cc1ccccc1COC(=O)c1ccc(O)c(C)c1O. The average molecular weight is 284 g/mol. The minimum absolute atomic E-state index is 0.0291. The molecule has 4 nitrogen and oxygen atoms in total. The molecule has 0 aromatic heterocycles. The maximum Gasteiger partial charge on any atom is 0.342 e. The molecule has 0 radical (unpaired) electrons. The number of carbonyl (C=O) groups is 1. The summed E-state index contributed by atoms with van der Waals surface area (Å²) in [5.74, 6) is -0.979. The Kier molecular flexibility index (Phi) is 4.28. The van der Waals surface area contributed by atoms with Crippen molar-refractivity contribution >= 4 is 12.0 Å². The largest absolute Gasteiger partial charge is 0.508 e. The Balaban J connectivity index is 2.16. The molecule has 0 aliphatic carbocycles. The van der Waals surface area contributed by atoms with Crippen molar-refractivity contribution in [3.8, 4) is 11.5 Å². The predicted molar refractivity (Wildman–Crippen MR) is 80.2 cm³/mol. The Labute approximate surface area is 122 Å². The number of ether oxygens (including phenoxy) is 1. The standard InChI is InChI=1S/C17H16O4/c1-3-12-6-4-5-7-13(12)10-21-17(20)14-8-9-15(18)11(2)16(14)19/h3-9,18-19H,1,10H2,2H3. The van der Waals surface area contributed by atoms with Crippen LogP contribution in [0.5, 0.6) is 11.5 Å². The zero-order valence-electron chi connectivity index (χ0n) is 11.7. The highest BCUT2D eigenvalue weighted by Gasteiger charge is 2.16. The first-order valence-electron chi connectivity index (χ1n) is 6.43. The molecule has 2 N–H and O–H groups in total. The molecule has 0 spiro atoms. The first-order valence-corrected chi connectivity index (χ1v) is 6.43. The van der Waals surface area contributed by atoms with E-state index < -0.39 is 5.97 Å². The molecule has 4 heteroatoms. The number of rotatable bonds is 4. The third-order valence-electron chi connectivity index (χ3n) is 3.26. The Hall–Kier alpha value is -2.75. The van der Waals surface area contributed by atoms with Crippen LogP contribution in [-0.4, -0.2) is 16.2 Å². The Bertz CT molecular complexity index is 689. The lowest BCUT2D eigenvalue weighted by Gasteiger charge is -2.10. The zero-order valence-corrected chi connectivity index (χ0v) is 11.7. The molecule has 0 bridgehead atoms. The van der Waals surface area contributed by atoms with Crippen LogP contribution in [-0.2, 0) is 11.3 Å². The third-order valence-corrected chi connectivity index (χ3v) is 3.26. The quantitative estimate of drug-likeness (QED) is 0.844. The molecular weight excluding hydrogens is 268 g/mol. The van der Waals surface area contributed by atoms with Crippen molar-refractivity contribution < 1.29 is 19.7 Å². The molecule has 0 atom stereocenters. The van der Waals surface area contributed by atoms with Crippen LogP contribution in [0.3, 0.4) is 0 Å². The first kappa shape index (κ1) is 14.7. The highest BCUT2D eigenvalue weighted by atomic mass is 16.5.